The summed E-state index contributed by atoms with van der Waals surface area (Å²) in [5.41, 5.74) is 7.18. The van der Waals surface area contributed by atoms with Gasteiger partial charge in [0, 0.05) is 5.54 Å². The van der Waals surface area contributed by atoms with Crippen LogP contribution in [0.15, 0.2) is 18.2 Å². The van der Waals surface area contributed by atoms with Crippen molar-refractivity contribution in [3.05, 3.63) is 33.8 Å². The maximum atomic E-state index is 6.18. The molecule has 1 atom stereocenters. The van der Waals surface area contributed by atoms with Gasteiger partial charge in [0.1, 0.15) is 0 Å². The molecule has 1 aliphatic carbocycles. The second-order valence-corrected chi connectivity index (χ2v) is 4.94. The molecule has 4 heteroatoms. The van der Waals surface area contributed by atoms with Gasteiger partial charge in [-0.15, -0.1) is 0 Å². The van der Waals surface area contributed by atoms with Crippen molar-refractivity contribution in [2.75, 3.05) is 7.05 Å². The normalized spacial score (nSPS) is 20.0. The van der Waals surface area contributed by atoms with Crippen LogP contribution in [0.5, 0.6) is 0 Å². The molecule has 1 aromatic rings. The summed E-state index contributed by atoms with van der Waals surface area (Å²) in [5, 5.41) is 4.40. The Morgan fingerprint density at radius 1 is 1.33 bits per heavy atom. The third-order valence-electron chi connectivity index (χ3n) is 2.97. The summed E-state index contributed by atoms with van der Waals surface area (Å²) < 4.78 is 0. The smallest absolute Gasteiger partial charge is 0.0595 e. The summed E-state index contributed by atoms with van der Waals surface area (Å²) in [4.78, 5) is 0. The Balaban J connectivity index is 2.31. The van der Waals surface area contributed by atoms with Crippen molar-refractivity contribution < 1.29 is 0 Å². The lowest BCUT2D eigenvalue weighted by molar-refractivity contribution is 0.461. The van der Waals surface area contributed by atoms with E-state index in [2.05, 4.69) is 5.32 Å². The zero-order chi connectivity index (χ0) is 11.1. The Hall–Kier alpha value is -0.280. The maximum absolute atomic E-state index is 6.18. The van der Waals surface area contributed by atoms with Crippen LogP contribution in [-0.4, -0.2) is 12.6 Å². The highest BCUT2D eigenvalue weighted by atomic mass is 35.5. The van der Waals surface area contributed by atoms with Crippen molar-refractivity contribution in [2.24, 2.45) is 5.73 Å². The molecule has 2 rings (SSSR count). The number of halogens is 2. The van der Waals surface area contributed by atoms with Crippen LogP contribution in [0.1, 0.15) is 24.4 Å². The Morgan fingerprint density at radius 3 is 2.47 bits per heavy atom. The predicted octanol–water partition coefficient (Wildman–Crippen LogP) is 2.75. The SMILES string of the molecule is CNC(c1ccc(Cl)c(Cl)c1)C1(N)CC1. The Labute approximate surface area is 99.7 Å². The van der Waals surface area contributed by atoms with Crippen molar-refractivity contribution in [2.45, 2.75) is 24.4 Å². The largest absolute Gasteiger partial charge is 0.323 e. The summed E-state index contributed by atoms with van der Waals surface area (Å²) in [6.07, 6.45) is 2.11. The van der Waals surface area contributed by atoms with Crippen LogP contribution >= 0.6 is 23.2 Å². The average molecular weight is 245 g/mol. The van der Waals surface area contributed by atoms with E-state index < -0.39 is 0 Å². The van der Waals surface area contributed by atoms with E-state index >= 15 is 0 Å². The zero-order valence-electron chi connectivity index (χ0n) is 8.56. The molecule has 0 aromatic heterocycles. The highest BCUT2D eigenvalue weighted by Gasteiger charge is 2.45. The first-order valence-electron chi connectivity index (χ1n) is 4.98. The molecule has 0 aliphatic heterocycles. The zero-order valence-corrected chi connectivity index (χ0v) is 10.1. The lowest BCUT2D eigenvalue weighted by atomic mass is 9.98. The van der Waals surface area contributed by atoms with E-state index in [1.54, 1.807) is 0 Å². The van der Waals surface area contributed by atoms with Crippen molar-refractivity contribution >= 4 is 23.2 Å². The molecular formula is C11H14Cl2N2. The number of hydrogen-bond donors (Lipinski definition) is 2. The van der Waals surface area contributed by atoms with E-state index in [1.807, 2.05) is 25.2 Å². The molecule has 0 heterocycles. The first-order valence-corrected chi connectivity index (χ1v) is 5.73. The molecule has 3 N–H and O–H groups in total. The minimum Gasteiger partial charge on any atom is -0.323 e. The summed E-state index contributed by atoms with van der Waals surface area (Å²) >= 11 is 11.9. The quantitative estimate of drug-likeness (QED) is 0.859. The molecule has 0 amide bonds. The van der Waals surface area contributed by atoms with Crippen LogP contribution in [0.4, 0.5) is 0 Å². The van der Waals surface area contributed by atoms with Gasteiger partial charge in [0.25, 0.3) is 0 Å². The lowest BCUT2D eigenvalue weighted by Crippen LogP contribution is -2.38. The highest BCUT2D eigenvalue weighted by Crippen LogP contribution is 2.44. The second-order valence-electron chi connectivity index (χ2n) is 4.13. The molecule has 1 saturated carbocycles. The molecule has 1 aliphatic rings. The monoisotopic (exact) mass is 244 g/mol. The van der Waals surface area contributed by atoms with Gasteiger partial charge >= 0.3 is 0 Å². The van der Waals surface area contributed by atoms with Crippen LogP contribution in [0, 0.1) is 0 Å². The molecule has 82 valence electrons. The summed E-state index contributed by atoms with van der Waals surface area (Å²) in [6.45, 7) is 0. The van der Waals surface area contributed by atoms with Crippen LogP contribution < -0.4 is 11.1 Å². The van der Waals surface area contributed by atoms with Gasteiger partial charge in [0.15, 0.2) is 0 Å². The maximum Gasteiger partial charge on any atom is 0.0595 e. The van der Waals surface area contributed by atoms with Gasteiger partial charge in [-0.05, 0) is 37.6 Å². The topological polar surface area (TPSA) is 38.0 Å². The number of benzene rings is 1. The fraction of sp³-hybridized carbons (Fsp3) is 0.455. The number of nitrogens with one attached hydrogen (secondary N) is 1. The number of hydrogen-bond acceptors (Lipinski definition) is 2. The van der Waals surface area contributed by atoms with Crippen molar-refractivity contribution in [1.82, 2.24) is 5.32 Å². The first-order chi connectivity index (χ1) is 7.07. The molecular weight excluding hydrogens is 231 g/mol. The van der Waals surface area contributed by atoms with E-state index in [4.69, 9.17) is 28.9 Å². The molecule has 0 bridgehead atoms. The third-order valence-corrected chi connectivity index (χ3v) is 3.71. The average Bonchev–Trinajstić information content (AvgIpc) is 2.92. The standard InChI is InChI=1S/C11H14Cl2N2/c1-15-10(11(14)4-5-11)7-2-3-8(12)9(13)6-7/h2-3,6,10,15H,4-5,14H2,1H3. The minimum atomic E-state index is -0.105. The Bertz CT molecular complexity index is 375. The van der Waals surface area contributed by atoms with E-state index in [9.17, 15) is 0 Å². The Morgan fingerprint density at radius 2 is 2.00 bits per heavy atom. The lowest BCUT2D eigenvalue weighted by Gasteiger charge is -2.23. The predicted molar refractivity (Wildman–Crippen MR) is 64.4 cm³/mol. The van der Waals surface area contributed by atoms with Crippen LogP contribution in [0.3, 0.4) is 0 Å². The van der Waals surface area contributed by atoms with E-state index in [0.29, 0.717) is 10.0 Å². The van der Waals surface area contributed by atoms with Crippen molar-refractivity contribution in [3.8, 4) is 0 Å². The van der Waals surface area contributed by atoms with Gasteiger partial charge in [-0.3, -0.25) is 0 Å². The molecule has 0 spiro atoms. The van der Waals surface area contributed by atoms with Gasteiger partial charge in [0.05, 0.1) is 16.1 Å². The molecule has 1 fully saturated rings. The van der Waals surface area contributed by atoms with Crippen LogP contribution in [-0.2, 0) is 0 Å². The van der Waals surface area contributed by atoms with Crippen LogP contribution in [0.25, 0.3) is 0 Å². The summed E-state index contributed by atoms with van der Waals surface area (Å²) in [6, 6.07) is 5.84. The van der Waals surface area contributed by atoms with E-state index in [0.717, 1.165) is 18.4 Å². The van der Waals surface area contributed by atoms with Gasteiger partial charge in [-0.2, -0.15) is 0 Å². The number of rotatable bonds is 3. The highest BCUT2D eigenvalue weighted by molar-refractivity contribution is 6.42. The van der Waals surface area contributed by atoms with E-state index in [1.165, 1.54) is 0 Å². The molecule has 0 saturated heterocycles. The fourth-order valence-corrected chi connectivity index (χ4v) is 2.22. The Kier molecular flexibility index (Phi) is 2.95. The van der Waals surface area contributed by atoms with Crippen molar-refractivity contribution in [1.29, 1.82) is 0 Å². The molecule has 0 radical (unpaired) electrons. The minimum absolute atomic E-state index is 0.105. The molecule has 1 aromatic carbocycles. The van der Waals surface area contributed by atoms with Gasteiger partial charge in [0.2, 0.25) is 0 Å². The summed E-state index contributed by atoms with van der Waals surface area (Å²) in [7, 11) is 1.92. The number of nitrogens with two attached hydrogens (primary N) is 1. The van der Waals surface area contributed by atoms with Crippen LogP contribution in [0.2, 0.25) is 10.0 Å². The summed E-state index contributed by atoms with van der Waals surface area (Å²) in [5.74, 6) is 0. The van der Waals surface area contributed by atoms with Gasteiger partial charge in [-0.1, -0.05) is 29.3 Å². The molecule has 1 unspecified atom stereocenters. The molecule has 15 heavy (non-hydrogen) atoms. The third kappa shape index (κ3) is 2.13. The second kappa shape index (κ2) is 3.95. The fourth-order valence-electron chi connectivity index (χ4n) is 1.91. The first kappa shape index (κ1) is 11.2. The van der Waals surface area contributed by atoms with Gasteiger partial charge < -0.3 is 11.1 Å². The van der Waals surface area contributed by atoms with E-state index in [-0.39, 0.29) is 11.6 Å². The van der Waals surface area contributed by atoms with Crippen molar-refractivity contribution in [3.63, 3.8) is 0 Å². The molecule has 2 nitrogen and oxygen atoms in total. The number of likely N-dealkylation sites (N-methyl/N-ethyl adjacent to an activating group) is 1. The van der Waals surface area contributed by atoms with Gasteiger partial charge in [-0.25, -0.2) is 0 Å².